The Labute approximate surface area is 117 Å². The molecule has 1 aliphatic heterocycles. The number of aromatic nitrogens is 1. The summed E-state index contributed by atoms with van der Waals surface area (Å²) in [6, 6.07) is 3.38. The van der Waals surface area contributed by atoms with E-state index in [0.717, 1.165) is 6.42 Å². The summed E-state index contributed by atoms with van der Waals surface area (Å²) in [6.45, 7) is 3.22. The van der Waals surface area contributed by atoms with Crippen LogP contribution in [-0.4, -0.2) is 46.2 Å². The minimum absolute atomic E-state index is 0.0107. The summed E-state index contributed by atoms with van der Waals surface area (Å²) < 4.78 is 0. The maximum absolute atomic E-state index is 12.0. The zero-order valence-electron chi connectivity index (χ0n) is 10.8. The van der Waals surface area contributed by atoms with Crippen molar-refractivity contribution in [1.82, 2.24) is 14.8 Å². The predicted molar refractivity (Wildman–Crippen MR) is 71.5 cm³/mol. The maximum Gasteiger partial charge on any atom is 0.243 e. The lowest BCUT2D eigenvalue weighted by Crippen LogP contribution is -2.53. The van der Waals surface area contributed by atoms with E-state index in [9.17, 15) is 9.59 Å². The minimum atomic E-state index is -0.0465. The van der Waals surface area contributed by atoms with E-state index in [-0.39, 0.29) is 24.9 Å². The Morgan fingerprint density at radius 2 is 1.95 bits per heavy atom. The summed E-state index contributed by atoms with van der Waals surface area (Å²) in [5.74, 6) is -0.0571. The zero-order chi connectivity index (χ0) is 13.8. The van der Waals surface area contributed by atoms with Gasteiger partial charge in [-0.3, -0.25) is 14.6 Å². The highest BCUT2D eigenvalue weighted by Crippen LogP contribution is 2.13. The molecule has 5 nitrogen and oxygen atoms in total. The molecule has 6 heteroatoms. The molecule has 102 valence electrons. The summed E-state index contributed by atoms with van der Waals surface area (Å²) in [4.78, 5) is 31.1. The van der Waals surface area contributed by atoms with Crippen molar-refractivity contribution >= 4 is 23.4 Å². The Hall–Kier alpha value is -1.62. The molecule has 0 spiro atoms. The predicted octanol–water partition coefficient (Wildman–Crippen LogP) is 1.32. The molecule has 0 aromatic carbocycles. The van der Waals surface area contributed by atoms with Crippen LogP contribution in [0.1, 0.15) is 19.0 Å². The number of halogens is 1. The van der Waals surface area contributed by atoms with E-state index in [2.05, 4.69) is 4.98 Å². The Balaban J connectivity index is 2.02. The van der Waals surface area contributed by atoms with Crippen molar-refractivity contribution in [2.24, 2.45) is 0 Å². The number of carbonyl (C=O) groups is 2. The molecule has 1 aliphatic rings. The molecule has 1 fully saturated rings. The van der Waals surface area contributed by atoms with Crippen LogP contribution in [-0.2, 0) is 16.1 Å². The Morgan fingerprint density at radius 1 is 1.26 bits per heavy atom. The van der Waals surface area contributed by atoms with Gasteiger partial charge in [-0.15, -0.1) is 0 Å². The lowest BCUT2D eigenvalue weighted by atomic mass is 10.2. The van der Waals surface area contributed by atoms with Crippen LogP contribution in [0.5, 0.6) is 0 Å². The molecular formula is C13H16ClN3O2. The van der Waals surface area contributed by atoms with Crippen molar-refractivity contribution in [3.05, 3.63) is 29.0 Å². The first kappa shape index (κ1) is 13.8. The highest BCUT2D eigenvalue weighted by molar-refractivity contribution is 6.30. The lowest BCUT2D eigenvalue weighted by Gasteiger charge is -2.33. The second-order valence-corrected chi connectivity index (χ2v) is 4.97. The third-order valence-corrected chi connectivity index (χ3v) is 3.22. The highest BCUT2D eigenvalue weighted by atomic mass is 35.5. The van der Waals surface area contributed by atoms with Crippen molar-refractivity contribution in [3.8, 4) is 0 Å². The largest absolute Gasteiger partial charge is 0.332 e. The molecule has 2 amide bonds. The van der Waals surface area contributed by atoms with E-state index in [1.54, 1.807) is 23.2 Å². The quantitative estimate of drug-likeness (QED) is 0.836. The van der Waals surface area contributed by atoms with Crippen LogP contribution in [0.15, 0.2) is 18.3 Å². The average molecular weight is 282 g/mol. The first-order valence-corrected chi connectivity index (χ1v) is 6.64. The van der Waals surface area contributed by atoms with Crippen LogP contribution in [0.2, 0.25) is 5.02 Å². The molecule has 19 heavy (non-hydrogen) atoms. The molecular weight excluding hydrogens is 266 g/mol. The second kappa shape index (κ2) is 6.02. The van der Waals surface area contributed by atoms with Gasteiger partial charge in [0.25, 0.3) is 0 Å². The van der Waals surface area contributed by atoms with Crippen molar-refractivity contribution < 1.29 is 9.59 Å². The van der Waals surface area contributed by atoms with Gasteiger partial charge in [0.05, 0.1) is 18.8 Å². The second-order valence-electron chi connectivity index (χ2n) is 4.53. The van der Waals surface area contributed by atoms with Gasteiger partial charge in [0.1, 0.15) is 6.54 Å². The van der Waals surface area contributed by atoms with Crippen LogP contribution in [0, 0.1) is 0 Å². The molecule has 1 aromatic rings. The van der Waals surface area contributed by atoms with E-state index in [1.165, 1.54) is 4.90 Å². The molecule has 0 atom stereocenters. The SMILES string of the molecule is CCCN1CC(=O)N(Cc2cc(Cl)ccn2)CC1=O. The number of nitrogens with zero attached hydrogens (tertiary/aromatic N) is 3. The summed E-state index contributed by atoms with van der Waals surface area (Å²) in [7, 11) is 0. The number of pyridine rings is 1. The first-order valence-electron chi connectivity index (χ1n) is 6.26. The van der Waals surface area contributed by atoms with E-state index in [0.29, 0.717) is 23.8 Å². The fraction of sp³-hybridized carbons (Fsp3) is 0.462. The van der Waals surface area contributed by atoms with Gasteiger partial charge in [-0.25, -0.2) is 0 Å². The summed E-state index contributed by atoms with van der Waals surface area (Å²) in [6.07, 6.45) is 2.45. The van der Waals surface area contributed by atoms with Crippen LogP contribution >= 0.6 is 11.6 Å². The topological polar surface area (TPSA) is 53.5 Å². The number of carbonyl (C=O) groups excluding carboxylic acids is 2. The number of hydrogen-bond acceptors (Lipinski definition) is 3. The normalized spacial score (nSPS) is 16.1. The van der Waals surface area contributed by atoms with Gasteiger partial charge in [0.15, 0.2) is 0 Å². The van der Waals surface area contributed by atoms with Gasteiger partial charge in [0, 0.05) is 17.8 Å². The molecule has 0 unspecified atom stereocenters. The van der Waals surface area contributed by atoms with E-state index in [1.807, 2.05) is 6.92 Å². The van der Waals surface area contributed by atoms with Gasteiger partial charge in [-0.05, 0) is 18.6 Å². The fourth-order valence-corrected chi connectivity index (χ4v) is 2.23. The molecule has 0 N–H and O–H groups in total. The molecule has 1 saturated heterocycles. The molecule has 0 aliphatic carbocycles. The number of rotatable bonds is 4. The average Bonchev–Trinajstić information content (AvgIpc) is 2.36. The summed E-state index contributed by atoms with van der Waals surface area (Å²) >= 11 is 5.87. The zero-order valence-corrected chi connectivity index (χ0v) is 11.6. The molecule has 2 rings (SSSR count). The maximum atomic E-state index is 12.0. The molecule has 0 bridgehead atoms. The van der Waals surface area contributed by atoms with Crippen LogP contribution < -0.4 is 0 Å². The van der Waals surface area contributed by atoms with E-state index >= 15 is 0 Å². The van der Waals surface area contributed by atoms with Crippen molar-refractivity contribution in [2.45, 2.75) is 19.9 Å². The van der Waals surface area contributed by atoms with Gasteiger partial charge < -0.3 is 9.80 Å². The lowest BCUT2D eigenvalue weighted by molar-refractivity contribution is -0.150. The Bertz CT molecular complexity index is 493. The number of piperazine rings is 1. The van der Waals surface area contributed by atoms with Crippen molar-refractivity contribution in [2.75, 3.05) is 19.6 Å². The third kappa shape index (κ3) is 3.44. The molecule has 1 aromatic heterocycles. The number of hydrogen-bond donors (Lipinski definition) is 0. The van der Waals surface area contributed by atoms with Gasteiger partial charge in [-0.1, -0.05) is 18.5 Å². The van der Waals surface area contributed by atoms with Gasteiger partial charge >= 0.3 is 0 Å². The summed E-state index contributed by atoms with van der Waals surface area (Å²) in [5, 5.41) is 0.577. The van der Waals surface area contributed by atoms with E-state index in [4.69, 9.17) is 11.6 Å². The van der Waals surface area contributed by atoms with E-state index < -0.39 is 0 Å². The smallest absolute Gasteiger partial charge is 0.243 e. The minimum Gasteiger partial charge on any atom is -0.332 e. The monoisotopic (exact) mass is 281 g/mol. The van der Waals surface area contributed by atoms with Crippen molar-refractivity contribution in [3.63, 3.8) is 0 Å². The van der Waals surface area contributed by atoms with Crippen LogP contribution in [0.25, 0.3) is 0 Å². The summed E-state index contributed by atoms with van der Waals surface area (Å²) in [5.41, 5.74) is 0.692. The Kier molecular flexibility index (Phi) is 4.37. The van der Waals surface area contributed by atoms with Gasteiger partial charge in [0.2, 0.25) is 11.8 Å². The van der Waals surface area contributed by atoms with Crippen molar-refractivity contribution in [1.29, 1.82) is 0 Å². The third-order valence-electron chi connectivity index (χ3n) is 2.98. The molecule has 0 saturated carbocycles. The molecule has 2 heterocycles. The van der Waals surface area contributed by atoms with Crippen LogP contribution in [0.3, 0.4) is 0 Å². The van der Waals surface area contributed by atoms with Gasteiger partial charge in [-0.2, -0.15) is 0 Å². The molecule has 0 radical (unpaired) electrons. The number of amides is 2. The highest BCUT2D eigenvalue weighted by Gasteiger charge is 2.29. The van der Waals surface area contributed by atoms with Crippen LogP contribution in [0.4, 0.5) is 0 Å². The first-order chi connectivity index (χ1) is 9.10. The standard InChI is InChI=1S/C13H16ClN3O2/c1-2-5-16-8-13(19)17(9-12(16)18)7-11-6-10(14)3-4-15-11/h3-4,6H,2,5,7-9H2,1H3. The fourth-order valence-electron chi connectivity index (χ4n) is 2.05. The Morgan fingerprint density at radius 3 is 2.63 bits per heavy atom.